The highest BCUT2D eigenvalue weighted by atomic mass is 16.6. The van der Waals surface area contributed by atoms with Crippen molar-refractivity contribution in [3.05, 3.63) is 0 Å². The van der Waals surface area contributed by atoms with E-state index in [0.29, 0.717) is 19.1 Å². The molecular formula is C16H32N4O2. The molecule has 6 nitrogen and oxygen atoms in total. The molecule has 0 bridgehead atoms. The molecule has 0 aromatic carbocycles. The van der Waals surface area contributed by atoms with Gasteiger partial charge in [-0.3, -0.25) is 9.80 Å². The number of hydrogen-bond donors (Lipinski definition) is 2. The van der Waals surface area contributed by atoms with Crippen LogP contribution in [0, 0.1) is 0 Å². The number of fused-ring (bicyclic) bond motifs is 1. The lowest BCUT2D eigenvalue weighted by atomic mass is 9.98. The lowest BCUT2D eigenvalue weighted by molar-refractivity contribution is 0.0256. The normalized spacial score (nSPS) is 25.4. The van der Waals surface area contributed by atoms with Crippen LogP contribution in [-0.2, 0) is 4.74 Å². The Labute approximate surface area is 134 Å². The zero-order valence-electron chi connectivity index (χ0n) is 14.3. The van der Waals surface area contributed by atoms with Crippen LogP contribution in [-0.4, -0.2) is 72.8 Å². The van der Waals surface area contributed by atoms with Gasteiger partial charge in [-0.15, -0.1) is 0 Å². The Kier molecular flexibility index (Phi) is 6.06. The van der Waals surface area contributed by atoms with Crippen LogP contribution in [0.1, 0.15) is 40.0 Å². The van der Waals surface area contributed by atoms with Gasteiger partial charge in [0.2, 0.25) is 0 Å². The van der Waals surface area contributed by atoms with Crippen LogP contribution in [0.4, 0.5) is 4.79 Å². The smallest absolute Gasteiger partial charge is 0.407 e. The van der Waals surface area contributed by atoms with E-state index in [2.05, 4.69) is 15.1 Å². The topological polar surface area (TPSA) is 70.8 Å². The second-order valence-electron chi connectivity index (χ2n) is 7.45. The third-order valence-corrected chi connectivity index (χ3v) is 4.54. The van der Waals surface area contributed by atoms with Crippen LogP contribution in [0.2, 0.25) is 0 Å². The Hall–Kier alpha value is -0.850. The highest BCUT2D eigenvalue weighted by Gasteiger charge is 2.31. The molecule has 22 heavy (non-hydrogen) atoms. The lowest BCUT2D eigenvalue weighted by Crippen LogP contribution is -2.60. The molecule has 2 rings (SSSR count). The summed E-state index contributed by atoms with van der Waals surface area (Å²) in [7, 11) is 0. The molecule has 6 heteroatoms. The van der Waals surface area contributed by atoms with E-state index in [4.69, 9.17) is 10.5 Å². The number of hydrogen-bond acceptors (Lipinski definition) is 5. The quantitative estimate of drug-likeness (QED) is 0.811. The van der Waals surface area contributed by atoms with Gasteiger partial charge in [0, 0.05) is 44.8 Å². The Bertz CT molecular complexity index is 370. The summed E-state index contributed by atoms with van der Waals surface area (Å²) in [6, 6.07) is 0.856. The van der Waals surface area contributed by atoms with Crippen molar-refractivity contribution in [3.63, 3.8) is 0 Å². The van der Waals surface area contributed by atoms with Gasteiger partial charge >= 0.3 is 6.09 Å². The van der Waals surface area contributed by atoms with Crippen LogP contribution in [0.25, 0.3) is 0 Å². The van der Waals surface area contributed by atoms with Crippen LogP contribution in [0.15, 0.2) is 0 Å². The molecule has 128 valence electrons. The molecule has 0 aromatic rings. The molecule has 3 N–H and O–H groups in total. The van der Waals surface area contributed by atoms with E-state index in [1.807, 2.05) is 20.8 Å². The van der Waals surface area contributed by atoms with Crippen molar-refractivity contribution in [2.24, 2.45) is 5.73 Å². The number of alkyl carbamates (subject to hydrolysis) is 1. The standard InChI is InChI=1S/C16H32N4O2/c1-16(2,3)22-15(21)18-11-14(10-17)20-9-8-19-7-5-4-6-13(19)12-20/h13-14H,4-12,17H2,1-3H3,(H,18,21). The third kappa shape index (κ3) is 5.11. The molecule has 0 aromatic heterocycles. The molecule has 1 amide bonds. The van der Waals surface area contributed by atoms with E-state index >= 15 is 0 Å². The van der Waals surface area contributed by atoms with Gasteiger partial charge in [-0.2, -0.15) is 0 Å². The number of carbonyl (C=O) groups is 1. The molecule has 0 saturated carbocycles. The molecule has 0 radical (unpaired) electrons. The van der Waals surface area contributed by atoms with Crippen molar-refractivity contribution >= 4 is 6.09 Å². The summed E-state index contributed by atoms with van der Waals surface area (Å²) < 4.78 is 5.29. The SMILES string of the molecule is CC(C)(C)OC(=O)NCC(CN)N1CCN2CCCCC2C1. The summed E-state index contributed by atoms with van der Waals surface area (Å²) in [6.07, 6.45) is 3.59. The Morgan fingerprint density at radius 2 is 2.09 bits per heavy atom. The monoisotopic (exact) mass is 312 g/mol. The van der Waals surface area contributed by atoms with Gasteiger partial charge in [0.25, 0.3) is 0 Å². The fraction of sp³-hybridized carbons (Fsp3) is 0.938. The number of rotatable bonds is 4. The van der Waals surface area contributed by atoms with E-state index in [-0.39, 0.29) is 12.1 Å². The van der Waals surface area contributed by atoms with Gasteiger partial charge in [-0.05, 0) is 40.2 Å². The average molecular weight is 312 g/mol. The molecule has 2 aliphatic rings. The van der Waals surface area contributed by atoms with E-state index in [1.54, 1.807) is 0 Å². The lowest BCUT2D eigenvalue weighted by Gasteiger charge is -2.46. The van der Waals surface area contributed by atoms with Gasteiger partial charge in [-0.25, -0.2) is 4.79 Å². The zero-order valence-corrected chi connectivity index (χ0v) is 14.3. The van der Waals surface area contributed by atoms with Crippen molar-refractivity contribution in [2.45, 2.75) is 57.7 Å². The second-order valence-corrected chi connectivity index (χ2v) is 7.45. The first-order valence-corrected chi connectivity index (χ1v) is 8.54. The molecule has 2 atom stereocenters. The van der Waals surface area contributed by atoms with E-state index in [1.165, 1.54) is 25.8 Å². The largest absolute Gasteiger partial charge is 0.444 e. The van der Waals surface area contributed by atoms with Crippen molar-refractivity contribution in [1.82, 2.24) is 15.1 Å². The average Bonchev–Trinajstić information content (AvgIpc) is 2.46. The summed E-state index contributed by atoms with van der Waals surface area (Å²) in [5.74, 6) is 0. The van der Waals surface area contributed by atoms with Crippen LogP contribution < -0.4 is 11.1 Å². The second kappa shape index (κ2) is 7.62. The van der Waals surface area contributed by atoms with E-state index in [9.17, 15) is 4.79 Å². The zero-order chi connectivity index (χ0) is 16.2. The summed E-state index contributed by atoms with van der Waals surface area (Å²) in [5.41, 5.74) is 5.48. The van der Waals surface area contributed by atoms with Crippen LogP contribution >= 0.6 is 0 Å². The van der Waals surface area contributed by atoms with Gasteiger partial charge in [0.1, 0.15) is 5.60 Å². The predicted octanol–water partition coefficient (Wildman–Crippen LogP) is 1.01. The molecule has 2 aliphatic heterocycles. The summed E-state index contributed by atoms with van der Waals surface area (Å²) in [5, 5.41) is 2.86. The molecular weight excluding hydrogens is 280 g/mol. The minimum atomic E-state index is -0.462. The third-order valence-electron chi connectivity index (χ3n) is 4.54. The maximum Gasteiger partial charge on any atom is 0.407 e. The van der Waals surface area contributed by atoms with Crippen molar-refractivity contribution in [2.75, 3.05) is 39.3 Å². The maximum atomic E-state index is 11.8. The number of carbonyl (C=O) groups excluding carboxylic acids is 1. The predicted molar refractivity (Wildman–Crippen MR) is 87.9 cm³/mol. The molecule has 2 unspecified atom stereocenters. The first kappa shape index (κ1) is 17.5. The number of nitrogens with zero attached hydrogens (tertiary/aromatic N) is 2. The number of nitrogens with one attached hydrogen (secondary N) is 1. The van der Waals surface area contributed by atoms with Gasteiger partial charge < -0.3 is 15.8 Å². The first-order valence-electron chi connectivity index (χ1n) is 8.54. The molecule has 2 saturated heterocycles. The van der Waals surface area contributed by atoms with Crippen molar-refractivity contribution in [1.29, 1.82) is 0 Å². The highest BCUT2D eigenvalue weighted by Crippen LogP contribution is 2.22. The molecule has 2 fully saturated rings. The van der Waals surface area contributed by atoms with E-state index in [0.717, 1.165) is 19.6 Å². The summed E-state index contributed by atoms with van der Waals surface area (Å²) >= 11 is 0. The number of amides is 1. The van der Waals surface area contributed by atoms with Gasteiger partial charge in [0.05, 0.1) is 0 Å². The minimum absolute atomic E-state index is 0.191. The van der Waals surface area contributed by atoms with Crippen molar-refractivity contribution < 1.29 is 9.53 Å². The van der Waals surface area contributed by atoms with Gasteiger partial charge in [-0.1, -0.05) is 6.42 Å². The highest BCUT2D eigenvalue weighted by molar-refractivity contribution is 5.67. The number of piperidine rings is 1. The summed E-state index contributed by atoms with van der Waals surface area (Å²) in [4.78, 5) is 16.8. The fourth-order valence-corrected chi connectivity index (χ4v) is 3.39. The van der Waals surface area contributed by atoms with Crippen LogP contribution in [0.3, 0.4) is 0 Å². The fourth-order valence-electron chi connectivity index (χ4n) is 3.39. The molecule has 0 spiro atoms. The minimum Gasteiger partial charge on any atom is -0.444 e. The van der Waals surface area contributed by atoms with Crippen molar-refractivity contribution in [3.8, 4) is 0 Å². The van der Waals surface area contributed by atoms with E-state index < -0.39 is 5.60 Å². The summed E-state index contributed by atoms with van der Waals surface area (Å²) in [6.45, 7) is 11.2. The number of nitrogens with two attached hydrogens (primary N) is 1. The maximum absolute atomic E-state index is 11.8. The molecule has 2 heterocycles. The Morgan fingerprint density at radius 1 is 1.32 bits per heavy atom. The Balaban J connectivity index is 1.80. The van der Waals surface area contributed by atoms with Crippen LogP contribution in [0.5, 0.6) is 0 Å². The molecule has 0 aliphatic carbocycles. The Morgan fingerprint density at radius 3 is 2.77 bits per heavy atom. The first-order chi connectivity index (χ1) is 10.4. The van der Waals surface area contributed by atoms with Gasteiger partial charge in [0.15, 0.2) is 0 Å². The number of piperazine rings is 1. The number of ether oxygens (including phenoxy) is 1.